The molecule has 0 unspecified atom stereocenters. The van der Waals surface area contributed by atoms with Crippen LogP contribution in [0.15, 0.2) is 4.99 Å². The number of sulfone groups is 1. The molecule has 0 heterocycles. The van der Waals surface area contributed by atoms with Gasteiger partial charge in [0.15, 0.2) is 15.8 Å². The fraction of sp³-hybridized carbons (Fsp3) is 0.923. The van der Waals surface area contributed by atoms with E-state index in [1.807, 2.05) is 6.92 Å². The first-order chi connectivity index (χ1) is 9.05. The van der Waals surface area contributed by atoms with Gasteiger partial charge in [-0.15, -0.1) is 0 Å². The predicted molar refractivity (Wildman–Crippen MR) is 82.5 cm³/mol. The summed E-state index contributed by atoms with van der Waals surface area (Å²) >= 11 is 0. The lowest BCUT2D eigenvalue weighted by Gasteiger charge is -2.11. The minimum absolute atomic E-state index is 0.156. The van der Waals surface area contributed by atoms with Crippen LogP contribution >= 0.6 is 0 Å². The SMILES string of the molecule is CCCCCCN=C(NCC)NCCS(=O)(=O)CC. The topological polar surface area (TPSA) is 70.6 Å². The Balaban J connectivity index is 4.00. The Morgan fingerprint density at radius 1 is 1.05 bits per heavy atom. The molecule has 0 bridgehead atoms. The van der Waals surface area contributed by atoms with E-state index in [9.17, 15) is 8.42 Å². The molecule has 0 atom stereocenters. The van der Waals surface area contributed by atoms with E-state index in [2.05, 4.69) is 22.5 Å². The molecule has 0 saturated carbocycles. The molecular weight excluding hydrogens is 262 g/mol. The van der Waals surface area contributed by atoms with Crippen molar-refractivity contribution in [1.29, 1.82) is 0 Å². The maximum absolute atomic E-state index is 11.4. The van der Waals surface area contributed by atoms with Crippen LogP contribution in [0.2, 0.25) is 0 Å². The molecule has 0 aliphatic rings. The lowest BCUT2D eigenvalue weighted by atomic mass is 10.2. The maximum atomic E-state index is 11.4. The number of guanidine groups is 1. The highest BCUT2D eigenvalue weighted by atomic mass is 32.2. The Morgan fingerprint density at radius 3 is 2.37 bits per heavy atom. The van der Waals surface area contributed by atoms with Gasteiger partial charge >= 0.3 is 0 Å². The fourth-order valence-corrected chi connectivity index (χ4v) is 2.24. The van der Waals surface area contributed by atoms with Gasteiger partial charge in [0.2, 0.25) is 0 Å². The Bertz CT molecular complexity index is 340. The lowest BCUT2D eigenvalue weighted by molar-refractivity contribution is 0.595. The van der Waals surface area contributed by atoms with E-state index in [1.54, 1.807) is 6.92 Å². The van der Waals surface area contributed by atoms with Crippen LogP contribution < -0.4 is 10.6 Å². The Hall–Kier alpha value is -0.780. The van der Waals surface area contributed by atoms with Crippen LogP contribution in [-0.4, -0.2) is 45.5 Å². The summed E-state index contributed by atoms with van der Waals surface area (Å²) in [6.07, 6.45) is 4.74. The van der Waals surface area contributed by atoms with E-state index in [-0.39, 0.29) is 11.5 Å². The minimum Gasteiger partial charge on any atom is -0.357 e. The number of nitrogens with one attached hydrogen (secondary N) is 2. The van der Waals surface area contributed by atoms with E-state index in [1.165, 1.54) is 19.3 Å². The molecular formula is C13H29N3O2S. The van der Waals surface area contributed by atoms with Crippen molar-refractivity contribution in [2.24, 2.45) is 4.99 Å². The van der Waals surface area contributed by atoms with E-state index in [0.717, 1.165) is 19.5 Å². The number of aliphatic imine (C=N–C) groups is 1. The molecule has 5 nitrogen and oxygen atoms in total. The molecule has 2 N–H and O–H groups in total. The maximum Gasteiger partial charge on any atom is 0.191 e. The summed E-state index contributed by atoms with van der Waals surface area (Å²) in [5.41, 5.74) is 0. The molecule has 6 heteroatoms. The molecule has 0 aromatic carbocycles. The standard InChI is InChI=1S/C13H29N3O2S/c1-4-7-8-9-10-15-13(14-5-2)16-11-12-19(17,18)6-3/h4-12H2,1-3H3,(H2,14,15,16). The van der Waals surface area contributed by atoms with Gasteiger partial charge in [-0.1, -0.05) is 33.1 Å². The number of hydrogen-bond donors (Lipinski definition) is 2. The highest BCUT2D eigenvalue weighted by Gasteiger charge is 2.07. The Morgan fingerprint density at radius 2 is 1.79 bits per heavy atom. The summed E-state index contributed by atoms with van der Waals surface area (Å²) in [6, 6.07) is 0. The van der Waals surface area contributed by atoms with Gasteiger partial charge in [-0.25, -0.2) is 8.42 Å². The molecule has 19 heavy (non-hydrogen) atoms. The van der Waals surface area contributed by atoms with Gasteiger partial charge in [0.1, 0.15) is 0 Å². The zero-order chi connectivity index (χ0) is 14.6. The Kier molecular flexibility index (Phi) is 10.6. The van der Waals surface area contributed by atoms with E-state index in [4.69, 9.17) is 0 Å². The molecule has 0 aliphatic heterocycles. The van der Waals surface area contributed by atoms with E-state index < -0.39 is 9.84 Å². The van der Waals surface area contributed by atoms with Crippen molar-refractivity contribution in [3.8, 4) is 0 Å². The van der Waals surface area contributed by atoms with Gasteiger partial charge in [-0.3, -0.25) is 4.99 Å². The zero-order valence-electron chi connectivity index (χ0n) is 12.5. The summed E-state index contributed by atoms with van der Waals surface area (Å²) < 4.78 is 22.7. The summed E-state index contributed by atoms with van der Waals surface area (Å²) in [4.78, 5) is 4.43. The van der Waals surface area contributed by atoms with Crippen LogP contribution in [0.25, 0.3) is 0 Å². The molecule has 0 radical (unpaired) electrons. The monoisotopic (exact) mass is 291 g/mol. The molecule has 0 aliphatic carbocycles. The molecule has 0 amide bonds. The van der Waals surface area contributed by atoms with Crippen molar-refractivity contribution in [1.82, 2.24) is 10.6 Å². The lowest BCUT2D eigenvalue weighted by Crippen LogP contribution is -2.39. The molecule has 114 valence electrons. The average Bonchev–Trinajstić information content (AvgIpc) is 2.38. The molecule has 0 aromatic heterocycles. The number of rotatable bonds is 10. The van der Waals surface area contributed by atoms with Crippen LogP contribution in [0.4, 0.5) is 0 Å². The first-order valence-corrected chi connectivity index (χ1v) is 9.10. The second-order valence-electron chi connectivity index (χ2n) is 4.48. The predicted octanol–water partition coefficient (Wildman–Crippen LogP) is 1.56. The normalized spacial score (nSPS) is 12.5. The number of nitrogens with zero attached hydrogens (tertiary/aromatic N) is 1. The highest BCUT2D eigenvalue weighted by Crippen LogP contribution is 1.98. The zero-order valence-corrected chi connectivity index (χ0v) is 13.4. The number of unbranched alkanes of at least 4 members (excludes halogenated alkanes) is 3. The van der Waals surface area contributed by atoms with Crippen LogP contribution in [0, 0.1) is 0 Å². The summed E-state index contributed by atoms with van der Waals surface area (Å²) in [5, 5.41) is 6.18. The van der Waals surface area contributed by atoms with Crippen molar-refractivity contribution >= 4 is 15.8 Å². The molecule has 0 aromatic rings. The van der Waals surface area contributed by atoms with Crippen LogP contribution in [0.1, 0.15) is 46.5 Å². The highest BCUT2D eigenvalue weighted by molar-refractivity contribution is 7.91. The van der Waals surface area contributed by atoms with Crippen molar-refractivity contribution in [3.63, 3.8) is 0 Å². The average molecular weight is 291 g/mol. The molecule has 0 spiro atoms. The minimum atomic E-state index is -2.91. The molecule has 0 saturated heterocycles. The summed E-state index contributed by atoms with van der Waals surface area (Å²) in [7, 11) is -2.91. The van der Waals surface area contributed by atoms with Crippen LogP contribution in [0.3, 0.4) is 0 Å². The van der Waals surface area contributed by atoms with E-state index >= 15 is 0 Å². The molecule has 0 fully saturated rings. The van der Waals surface area contributed by atoms with Gasteiger partial charge < -0.3 is 10.6 Å². The van der Waals surface area contributed by atoms with Crippen molar-refractivity contribution in [3.05, 3.63) is 0 Å². The second kappa shape index (κ2) is 11.1. The Labute approximate surface area is 118 Å². The van der Waals surface area contributed by atoms with Crippen molar-refractivity contribution < 1.29 is 8.42 Å². The van der Waals surface area contributed by atoms with Crippen molar-refractivity contribution in [2.45, 2.75) is 46.5 Å². The third-order valence-corrected chi connectivity index (χ3v) is 4.48. The molecule has 0 rings (SSSR count). The van der Waals surface area contributed by atoms with Gasteiger partial charge in [0.25, 0.3) is 0 Å². The summed E-state index contributed by atoms with van der Waals surface area (Å²) in [5.74, 6) is 1.06. The quantitative estimate of drug-likeness (QED) is 0.364. The second-order valence-corrected chi connectivity index (χ2v) is 6.96. The summed E-state index contributed by atoms with van der Waals surface area (Å²) in [6.45, 7) is 7.83. The fourth-order valence-electron chi connectivity index (χ4n) is 1.54. The van der Waals surface area contributed by atoms with E-state index in [0.29, 0.717) is 12.5 Å². The van der Waals surface area contributed by atoms with Gasteiger partial charge in [-0.05, 0) is 13.3 Å². The van der Waals surface area contributed by atoms with Crippen molar-refractivity contribution in [2.75, 3.05) is 31.1 Å². The van der Waals surface area contributed by atoms with Crippen LogP contribution in [0.5, 0.6) is 0 Å². The number of hydrogen-bond acceptors (Lipinski definition) is 3. The van der Waals surface area contributed by atoms with Gasteiger partial charge in [0.05, 0.1) is 5.75 Å². The third-order valence-electron chi connectivity index (χ3n) is 2.77. The van der Waals surface area contributed by atoms with Gasteiger partial charge in [-0.2, -0.15) is 0 Å². The largest absolute Gasteiger partial charge is 0.357 e. The smallest absolute Gasteiger partial charge is 0.191 e. The van der Waals surface area contributed by atoms with Gasteiger partial charge in [0, 0.05) is 25.4 Å². The van der Waals surface area contributed by atoms with Crippen LogP contribution in [-0.2, 0) is 9.84 Å². The first-order valence-electron chi connectivity index (χ1n) is 7.28. The first kappa shape index (κ1) is 18.2. The third kappa shape index (κ3) is 10.8.